The van der Waals surface area contributed by atoms with E-state index >= 15 is 0 Å². The third-order valence-corrected chi connectivity index (χ3v) is 2.31. The van der Waals surface area contributed by atoms with E-state index in [1.54, 1.807) is 0 Å². The fourth-order valence-corrected chi connectivity index (χ4v) is 1.61. The number of rotatable bonds is 2. The topological polar surface area (TPSA) is 35.5 Å². The lowest BCUT2D eigenvalue weighted by Crippen LogP contribution is -1.96. The molecule has 0 N–H and O–H groups in total. The maximum absolute atomic E-state index is 11.6. The highest BCUT2D eigenvalue weighted by Crippen LogP contribution is 2.34. The van der Waals surface area contributed by atoms with Gasteiger partial charge in [-0.3, -0.25) is 4.79 Å². The van der Waals surface area contributed by atoms with Gasteiger partial charge in [-0.15, -0.1) is 0 Å². The quantitative estimate of drug-likeness (QED) is 0.727. The molecule has 0 aromatic heterocycles. The summed E-state index contributed by atoms with van der Waals surface area (Å²) in [6.45, 7) is 0. The number of ether oxygens (including phenoxy) is 2. The predicted octanol–water partition coefficient (Wildman–Crippen LogP) is 1.83. The summed E-state index contributed by atoms with van der Waals surface area (Å²) in [5.74, 6) is -0.597. The number of carbonyl (C=O) groups is 1. The molecule has 0 atom stereocenters. The van der Waals surface area contributed by atoms with Gasteiger partial charge in [0.05, 0.1) is 22.3 Å². The fraction of sp³-hybridized carbons (Fsp3) is 0.364. The highest BCUT2D eigenvalue weighted by atomic mass is 16.5. The Morgan fingerprint density at radius 1 is 1.21 bits per heavy atom. The molecule has 0 radical (unpaired) electrons. The van der Waals surface area contributed by atoms with Gasteiger partial charge in [0.1, 0.15) is 0 Å². The minimum Gasteiger partial charge on any atom is -0.493 e. The second kappa shape index (κ2) is 3.33. The van der Waals surface area contributed by atoms with Crippen LogP contribution in [0.1, 0.15) is 30.6 Å². The SMILES string of the molecule is [2H]C([2H])([2H])Oc1cc2c(cc1OC([2H])([2H])[2H])C(=O)CC2. The zero-order valence-electron chi connectivity index (χ0n) is 13.3. The minimum absolute atomic E-state index is 0.129. The second-order valence-corrected chi connectivity index (χ2v) is 3.08. The Labute approximate surface area is 91.1 Å². The molecule has 0 saturated carbocycles. The van der Waals surface area contributed by atoms with Crippen LogP contribution < -0.4 is 9.47 Å². The molecule has 1 aromatic carbocycles. The number of hydrogen-bond acceptors (Lipinski definition) is 3. The molecule has 74 valence electrons. The second-order valence-electron chi connectivity index (χ2n) is 3.08. The van der Waals surface area contributed by atoms with E-state index in [1.807, 2.05) is 0 Å². The minimum atomic E-state index is -2.76. The Balaban J connectivity index is 2.45. The number of carbonyl (C=O) groups excluding carboxylic acids is 1. The molecule has 1 aromatic rings. The van der Waals surface area contributed by atoms with Crippen molar-refractivity contribution in [3.05, 3.63) is 23.3 Å². The van der Waals surface area contributed by atoms with Gasteiger partial charge in [-0.1, -0.05) is 0 Å². The van der Waals surface area contributed by atoms with Gasteiger partial charge in [0.25, 0.3) is 0 Å². The average molecular weight is 198 g/mol. The molecule has 0 amide bonds. The predicted molar refractivity (Wildman–Crippen MR) is 52.2 cm³/mol. The summed E-state index contributed by atoms with van der Waals surface area (Å²) in [5, 5.41) is 0. The van der Waals surface area contributed by atoms with Gasteiger partial charge in [0, 0.05) is 12.0 Å². The van der Waals surface area contributed by atoms with Gasteiger partial charge in [0.2, 0.25) is 0 Å². The van der Waals surface area contributed by atoms with Crippen LogP contribution in [0.25, 0.3) is 0 Å². The van der Waals surface area contributed by atoms with Crippen molar-refractivity contribution in [1.82, 2.24) is 0 Å². The van der Waals surface area contributed by atoms with Crippen molar-refractivity contribution in [2.45, 2.75) is 12.8 Å². The smallest absolute Gasteiger partial charge is 0.163 e. The van der Waals surface area contributed by atoms with Gasteiger partial charge < -0.3 is 9.47 Å². The summed E-state index contributed by atoms with van der Waals surface area (Å²) in [6, 6.07) is 2.59. The third-order valence-electron chi connectivity index (χ3n) is 2.31. The monoisotopic (exact) mass is 198 g/mol. The number of methoxy groups -OCH3 is 2. The number of ketones is 1. The lowest BCUT2D eigenvalue weighted by molar-refractivity contribution is 0.0994. The van der Waals surface area contributed by atoms with E-state index < -0.39 is 14.1 Å². The molecule has 0 heterocycles. The third kappa shape index (κ3) is 1.25. The van der Waals surface area contributed by atoms with Crippen molar-refractivity contribution < 1.29 is 22.5 Å². The number of benzene rings is 1. The van der Waals surface area contributed by atoms with Gasteiger partial charge in [-0.05, 0) is 24.1 Å². The molecule has 0 bridgehead atoms. The number of aryl methyl sites for hydroxylation is 1. The fourth-order valence-electron chi connectivity index (χ4n) is 1.61. The molecule has 0 fully saturated rings. The maximum atomic E-state index is 11.6. The highest BCUT2D eigenvalue weighted by molar-refractivity contribution is 6.01. The molecule has 14 heavy (non-hydrogen) atoms. The van der Waals surface area contributed by atoms with Crippen molar-refractivity contribution in [3.8, 4) is 11.5 Å². The first-order chi connectivity index (χ1) is 9.05. The first kappa shape index (κ1) is 4.34. The zero-order chi connectivity index (χ0) is 15.1. The summed E-state index contributed by atoms with van der Waals surface area (Å²) >= 11 is 0. The van der Waals surface area contributed by atoms with Crippen molar-refractivity contribution in [1.29, 1.82) is 0 Å². The van der Waals surface area contributed by atoms with Crippen LogP contribution in [-0.4, -0.2) is 19.9 Å². The molecular formula is C11H12O3. The highest BCUT2D eigenvalue weighted by Gasteiger charge is 2.22. The van der Waals surface area contributed by atoms with Crippen LogP contribution >= 0.6 is 0 Å². The molecule has 0 aliphatic heterocycles. The Morgan fingerprint density at radius 3 is 2.64 bits per heavy atom. The van der Waals surface area contributed by atoms with E-state index in [0.29, 0.717) is 24.0 Å². The number of fused-ring (bicyclic) bond motifs is 1. The van der Waals surface area contributed by atoms with Crippen LogP contribution in [0.15, 0.2) is 12.1 Å². The summed E-state index contributed by atoms with van der Waals surface area (Å²) < 4.78 is 51.9. The lowest BCUT2D eigenvalue weighted by atomic mass is 10.1. The summed E-state index contributed by atoms with van der Waals surface area (Å²) in [4.78, 5) is 11.6. The Kier molecular flexibility index (Phi) is 1.03. The molecule has 3 nitrogen and oxygen atoms in total. The molecule has 0 saturated heterocycles. The van der Waals surface area contributed by atoms with Crippen LogP contribution in [-0.2, 0) is 6.42 Å². The summed E-state index contributed by atoms with van der Waals surface area (Å²) in [5.41, 5.74) is 0.981. The molecule has 0 spiro atoms. The summed E-state index contributed by atoms with van der Waals surface area (Å²) in [6.07, 6.45) is 0.777. The number of hydrogen-bond donors (Lipinski definition) is 0. The summed E-state index contributed by atoms with van der Waals surface area (Å²) in [7, 11) is -5.49. The van der Waals surface area contributed by atoms with Crippen molar-refractivity contribution in [3.63, 3.8) is 0 Å². The van der Waals surface area contributed by atoms with E-state index in [0.717, 1.165) is 0 Å². The van der Waals surface area contributed by atoms with Crippen LogP contribution in [0.3, 0.4) is 0 Å². The maximum Gasteiger partial charge on any atom is 0.163 e. The molecule has 1 aliphatic carbocycles. The van der Waals surface area contributed by atoms with E-state index in [2.05, 4.69) is 0 Å². The van der Waals surface area contributed by atoms with Gasteiger partial charge >= 0.3 is 0 Å². The Bertz CT molecular complexity index is 546. The van der Waals surface area contributed by atoms with Gasteiger partial charge in [0.15, 0.2) is 17.3 Å². The van der Waals surface area contributed by atoms with Crippen molar-refractivity contribution >= 4 is 5.78 Å². The molecule has 3 heteroatoms. The molecule has 2 rings (SSSR count). The van der Waals surface area contributed by atoms with E-state index in [1.165, 1.54) is 12.1 Å². The average Bonchev–Trinajstić information content (AvgIpc) is 2.56. The van der Waals surface area contributed by atoms with E-state index in [-0.39, 0.29) is 17.3 Å². The Morgan fingerprint density at radius 2 is 1.93 bits per heavy atom. The van der Waals surface area contributed by atoms with Crippen LogP contribution in [0.4, 0.5) is 0 Å². The van der Waals surface area contributed by atoms with Crippen molar-refractivity contribution in [2.75, 3.05) is 14.1 Å². The van der Waals surface area contributed by atoms with Gasteiger partial charge in [-0.2, -0.15) is 0 Å². The van der Waals surface area contributed by atoms with Crippen LogP contribution in [0.2, 0.25) is 0 Å². The molecule has 0 unspecified atom stereocenters. The normalized spacial score (nSPS) is 22.1. The molecule has 1 aliphatic rings. The van der Waals surface area contributed by atoms with E-state index in [4.69, 9.17) is 17.7 Å². The Hall–Kier alpha value is -1.51. The zero-order valence-corrected chi connectivity index (χ0v) is 7.29. The molecular weight excluding hydrogens is 180 g/mol. The van der Waals surface area contributed by atoms with Crippen LogP contribution in [0.5, 0.6) is 11.5 Å². The van der Waals surface area contributed by atoms with Gasteiger partial charge in [-0.25, -0.2) is 0 Å². The lowest BCUT2D eigenvalue weighted by Gasteiger charge is -2.09. The van der Waals surface area contributed by atoms with Crippen LogP contribution in [0, 0.1) is 0 Å². The number of Topliss-reactive ketones (excluding diaryl/α,β-unsaturated/α-hetero) is 1. The largest absolute Gasteiger partial charge is 0.493 e. The first-order valence-corrected chi connectivity index (χ1v) is 4.13. The van der Waals surface area contributed by atoms with E-state index in [9.17, 15) is 4.79 Å². The standard InChI is InChI=1S/C11H12O3/c1-13-10-5-7-3-4-9(12)8(7)6-11(10)14-2/h5-6H,3-4H2,1-2H3/i1D3,2D3. The first-order valence-electron chi connectivity index (χ1n) is 7.13. The van der Waals surface area contributed by atoms with Crippen molar-refractivity contribution in [2.24, 2.45) is 0 Å².